The van der Waals surface area contributed by atoms with Crippen molar-refractivity contribution in [1.29, 1.82) is 0 Å². The Morgan fingerprint density at radius 1 is 1.08 bits per heavy atom. The van der Waals surface area contributed by atoms with Crippen molar-refractivity contribution in [2.45, 2.75) is 27.7 Å². The molecule has 6 nitrogen and oxygen atoms in total. The summed E-state index contributed by atoms with van der Waals surface area (Å²) in [6, 6.07) is 3.65. The Morgan fingerprint density at radius 3 is 2.15 bits per heavy atom. The highest BCUT2D eigenvalue weighted by Gasteiger charge is 2.25. The Kier molecular flexibility index (Phi) is 7.14. The molecule has 0 aromatic heterocycles. The summed E-state index contributed by atoms with van der Waals surface area (Å²) in [5.74, 6) is 0.846. The highest BCUT2D eigenvalue weighted by molar-refractivity contribution is 6.32. The molecule has 0 saturated carbocycles. The van der Waals surface area contributed by atoms with Crippen molar-refractivity contribution in [3.8, 4) is 5.75 Å². The third-order valence-electron chi connectivity index (χ3n) is 4.20. The second-order valence-corrected chi connectivity index (χ2v) is 7.38. The van der Waals surface area contributed by atoms with Crippen LogP contribution >= 0.6 is 11.6 Å². The van der Waals surface area contributed by atoms with Gasteiger partial charge < -0.3 is 19.3 Å². The van der Waals surface area contributed by atoms with Crippen LogP contribution in [-0.2, 0) is 9.53 Å². The average molecular weight is 383 g/mol. The van der Waals surface area contributed by atoms with E-state index < -0.39 is 0 Å². The SMILES string of the molecule is Cc1cc(OCC(=O)N2CCN(C(=O)OCC(C)C)CC2)cc(C)c1Cl. The van der Waals surface area contributed by atoms with E-state index in [4.69, 9.17) is 21.1 Å². The zero-order chi connectivity index (χ0) is 19.3. The number of ether oxygens (including phenoxy) is 2. The first-order chi connectivity index (χ1) is 12.3. The van der Waals surface area contributed by atoms with E-state index in [0.29, 0.717) is 49.5 Å². The number of benzene rings is 1. The van der Waals surface area contributed by atoms with Crippen LogP contribution in [0.3, 0.4) is 0 Å². The monoisotopic (exact) mass is 382 g/mol. The van der Waals surface area contributed by atoms with Gasteiger partial charge in [-0.1, -0.05) is 25.4 Å². The molecule has 1 fully saturated rings. The number of hydrogen-bond acceptors (Lipinski definition) is 4. The maximum absolute atomic E-state index is 12.3. The predicted molar refractivity (Wildman–Crippen MR) is 101 cm³/mol. The van der Waals surface area contributed by atoms with Gasteiger partial charge in [0.15, 0.2) is 6.61 Å². The summed E-state index contributed by atoms with van der Waals surface area (Å²) in [4.78, 5) is 27.6. The Hall–Kier alpha value is -1.95. The van der Waals surface area contributed by atoms with E-state index in [1.54, 1.807) is 9.80 Å². The van der Waals surface area contributed by atoms with E-state index in [1.807, 2.05) is 39.8 Å². The van der Waals surface area contributed by atoms with Gasteiger partial charge in [0.25, 0.3) is 5.91 Å². The van der Waals surface area contributed by atoms with Gasteiger partial charge in [0.1, 0.15) is 5.75 Å². The normalized spacial score (nSPS) is 14.5. The topological polar surface area (TPSA) is 59.1 Å². The molecule has 1 aliphatic heterocycles. The van der Waals surface area contributed by atoms with Crippen LogP contribution in [-0.4, -0.2) is 61.2 Å². The highest BCUT2D eigenvalue weighted by atomic mass is 35.5. The maximum Gasteiger partial charge on any atom is 0.409 e. The summed E-state index contributed by atoms with van der Waals surface area (Å²) in [5.41, 5.74) is 1.84. The third-order valence-corrected chi connectivity index (χ3v) is 4.80. The Balaban J connectivity index is 1.79. The van der Waals surface area contributed by atoms with Crippen molar-refractivity contribution in [2.24, 2.45) is 5.92 Å². The van der Waals surface area contributed by atoms with E-state index in [-0.39, 0.29) is 18.6 Å². The fourth-order valence-corrected chi connectivity index (χ4v) is 2.80. The van der Waals surface area contributed by atoms with Gasteiger partial charge in [0.05, 0.1) is 6.61 Å². The Bertz CT molecular complexity index is 632. The number of nitrogens with zero attached hydrogens (tertiary/aromatic N) is 2. The van der Waals surface area contributed by atoms with Crippen LogP contribution in [0.5, 0.6) is 5.75 Å². The second kappa shape index (κ2) is 9.12. The molecule has 1 aromatic rings. The number of aryl methyl sites for hydroxylation is 2. The summed E-state index contributed by atoms with van der Waals surface area (Å²) < 4.78 is 10.8. The molecule has 7 heteroatoms. The molecule has 0 spiro atoms. The maximum atomic E-state index is 12.3. The summed E-state index contributed by atoms with van der Waals surface area (Å²) in [5, 5.41) is 0.712. The smallest absolute Gasteiger partial charge is 0.409 e. The van der Waals surface area contributed by atoms with Crippen molar-refractivity contribution < 1.29 is 19.1 Å². The minimum absolute atomic E-state index is 0.0295. The molecule has 0 radical (unpaired) electrons. The quantitative estimate of drug-likeness (QED) is 0.784. The van der Waals surface area contributed by atoms with Gasteiger partial charge in [-0.25, -0.2) is 4.79 Å². The van der Waals surface area contributed by atoms with E-state index >= 15 is 0 Å². The molecule has 0 bridgehead atoms. The number of halogens is 1. The molecule has 0 aliphatic carbocycles. The molecule has 1 saturated heterocycles. The number of carbonyl (C=O) groups excluding carboxylic acids is 2. The summed E-state index contributed by atoms with van der Waals surface area (Å²) in [6.45, 7) is 10.1. The molecule has 2 rings (SSSR count). The molecule has 0 N–H and O–H groups in total. The van der Waals surface area contributed by atoms with Crippen molar-refractivity contribution in [3.05, 3.63) is 28.3 Å². The molecule has 1 aliphatic rings. The van der Waals surface area contributed by atoms with Crippen molar-refractivity contribution in [3.63, 3.8) is 0 Å². The van der Waals surface area contributed by atoms with Crippen molar-refractivity contribution in [1.82, 2.24) is 9.80 Å². The molecule has 26 heavy (non-hydrogen) atoms. The number of amides is 2. The number of carbonyl (C=O) groups is 2. The van der Waals surface area contributed by atoms with Crippen LogP contribution in [0, 0.1) is 19.8 Å². The lowest BCUT2D eigenvalue weighted by Crippen LogP contribution is -2.51. The molecule has 144 valence electrons. The molecule has 0 atom stereocenters. The van der Waals surface area contributed by atoms with Crippen LogP contribution in [0.25, 0.3) is 0 Å². The highest BCUT2D eigenvalue weighted by Crippen LogP contribution is 2.25. The number of piperazine rings is 1. The summed E-state index contributed by atoms with van der Waals surface area (Å²) >= 11 is 6.14. The lowest BCUT2D eigenvalue weighted by Gasteiger charge is -2.34. The van der Waals surface area contributed by atoms with Crippen LogP contribution in [0.4, 0.5) is 4.79 Å². The van der Waals surface area contributed by atoms with E-state index in [0.717, 1.165) is 11.1 Å². The minimum atomic E-state index is -0.311. The molecule has 1 heterocycles. The standard InChI is InChI=1S/C19H27ClN2O4/c1-13(2)11-26-19(24)22-7-5-21(6-8-22)17(23)12-25-16-9-14(3)18(20)15(4)10-16/h9-10,13H,5-8,11-12H2,1-4H3. The predicted octanol–water partition coefficient (Wildman–Crippen LogP) is 3.27. The van der Waals surface area contributed by atoms with Gasteiger partial charge in [-0.2, -0.15) is 0 Å². The van der Waals surface area contributed by atoms with E-state index in [1.165, 1.54) is 0 Å². The van der Waals surface area contributed by atoms with Crippen LogP contribution in [0.1, 0.15) is 25.0 Å². The Labute approximate surface area is 160 Å². The van der Waals surface area contributed by atoms with Crippen molar-refractivity contribution in [2.75, 3.05) is 39.4 Å². The van der Waals surface area contributed by atoms with Gasteiger partial charge in [-0.3, -0.25) is 4.79 Å². The third kappa shape index (κ3) is 5.53. The number of hydrogen-bond donors (Lipinski definition) is 0. The van der Waals surface area contributed by atoms with Crippen LogP contribution in [0.15, 0.2) is 12.1 Å². The first kappa shape index (κ1) is 20.4. The van der Waals surface area contributed by atoms with Gasteiger partial charge >= 0.3 is 6.09 Å². The molecular weight excluding hydrogens is 356 g/mol. The van der Waals surface area contributed by atoms with Crippen molar-refractivity contribution >= 4 is 23.6 Å². The Morgan fingerprint density at radius 2 is 1.62 bits per heavy atom. The zero-order valence-electron chi connectivity index (χ0n) is 15.9. The van der Waals surface area contributed by atoms with E-state index in [2.05, 4.69) is 0 Å². The average Bonchev–Trinajstić information content (AvgIpc) is 2.62. The lowest BCUT2D eigenvalue weighted by atomic mass is 10.1. The lowest BCUT2D eigenvalue weighted by molar-refractivity contribution is -0.135. The molecular formula is C19H27ClN2O4. The van der Waals surface area contributed by atoms with Gasteiger partial charge in [-0.15, -0.1) is 0 Å². The fourth-order valence-electron chi connectivity index (χ4n) is 2.69. The fraction of sp³-hybridized carbons (Fsp3) is 0.579. The first-order valence-electron chi connectivity index (χ1n) is 8.87. The molecule has 0 unspecified atom stereocenters. The van der Waals surface area contributed by atoms with Crippen LogP contribution < -0.4 is 4.74 Å². The van der Waals surface area contributed by atoms with Gasteiger partial charge in [0.2, 0.25) is 0 Å². The summed E-state index contributed by atoms with van der Waals surface area (Å²) in [7, 11) is 0. The summed E-state index contributed by atoms with van der Waals surface area (Å²) in [6.07, 6.45) is -0.311. The second-order valence-electron chi connectivity index (χ2n) is 7.00. The zero-order valence-corrected chi connectivity index (χ0v) is 16.6. The van der Waals surface area contributed by atoms with Gasteiger partial charge in [0, 0.05) is 31.2 Å². The largest absolute Gasteiger partial charge is 0.484 e. The molecule has 1 aromatic carbocycles. The number of rotatable bonds is 5. The molecule has 2 amide bonds. The minimum Gasteiger partial charge on any atom is -0.484 e. The van der Waals surface area contributed by atoms with Crippen LogP contribution in [0.2, 0.25) is 5.02 Å². The van der Waals surface area contributed by atoms with Gasteiger partial charge in [-0.05, 0) is 43.0 Å². The first-order valence-corrected chi connectivity index (χ1v) is 9.24. The van der Waals surface area contributed by atoms with E-state index in [9.17, 15) is 9.59 Å².